The second kappa shape index (κ2) is 13.8. The van der Waals surface area contributed by atoms with Crippen molar-refractivity contribution >= 4 is 22.5 Å². The first-order valence-corrected chi connectivity index (χ1v) is 15.3. The fraction of sp³-hybridized carbons (Fsp3) is 0.278. The molecule has 0 bridgehead atoms. The number of rotatable bonds is 12. The van der Waals surface area contributed by atoms with Gasteiger partial charge in [0.15, 0.2) is 17.3 Å². The maximum Gasteiger partial charge on any atom is 0.274 e. The number of anilines is 1. The molecule has 0 saturated carbocycles. The highest BCUT2D eigenvalue weighted by atomic mass is 16.5. The lowest BCUT2D eigenvalue weighted by Gasteiger charge is -2.17. The number of nitrogens with zero attached hydrogens (tertiary/aromatic N) is 2. The van der Waals surface area contributed by atoms with Gasteiger partial charge in [-0.2, -0.15) is 0 Å². The van der Waals surface area contributed by atoms with Gasteiger partial charge in [0.05, 0.1) is 19.2 Å². The van der Waals surface area contributed by atoms with E-state index in [1.165, 1.54) is 25.9 Å². The Hall–Kier alpha value is -4.86. The number of pyridine rings is 1. The Morgan fingerprint density at radius 3 is 2.36 bits per heavy atom. The van der Waals surface area contributed by atoms with Crippen LogP contribution in [0.3, 0.4) is 0 Å². The first kappa shape index (κ1) is 30.2. The van der Waals surface area contributed by atoms with E-state index in [0.717, 1.165) is 57.7 Å². The second-order valence-electron chi connectivity index (χ2n) is 11.3. The van der Waals surface area contributed by atoms with Gasteiger partial charge in [0.25, 0.3) is 5.91 Å². The zero-order chi connectivity index (χ0) is 31.2. The summed E-state index contributed by atoms with van der Waals surface area (Å²) in [6.07, 6.45) is 3.53. The molecule has 1 aliphatic rings. The number of ether oxygens (including phenoxy) is 2. The first-order valence-electron chi connectivity index (χ1n) is 15.3. The molecule has 0 spiro atoms. The fourth-order valence-corrected chi connectivity index (χ4v) is 5.72. The molecule has 0 unspecified atom stereocenters. The number of aryl methyl sites for hydroxylation is 1. The molecular weight excluding hydrogens is 568 g/mol. The van der Waals surface area contributed by atoms with Crippen LogP contribution in [0, 0.1) is 6.92 Å². The Balaban J connectivity index is 1.22. The summed E-state index contributed by atoms with van der Waals surface area (Å²) in [7, 11) is 1.66. The molecule has 3 heterocycles. The van der Waals surface area contributed by atoms with Gasteiger partial charge in [0, 0.05) is 35.8 Å². The maximum atomic E-state index is 11.6. The maximum absolute atomic E-state index is 11.6. The van der Waals surface area contributed by atoms with E-state index in [-0.39, 0.29) is 0 Å². The quantitative estimate of drug-likeness (QED) is 0.0786. The van der Waals surface area contributed by atoms with Crippen molar-refractivity contribution < 1.29 is 23.9 Å². The Morgan fingerprint density at radius 1 is 0.956 bits per heavy atom. The fourth-order valence-electron chi connectivity index (χ4n) is 5.72. The highest BCUT2D eigenvalue weighted by Crippen LogP contribution is 2.37. The van der Waals surface area contributed by atoms with Crippen LogP contribution < -0.4 is 20.3 Å². The minimum Gasteiger partial charge on any atom is -0.493 e. The van der Waals surface area contributed by atoms with E-state index in [4.69, 9.17) is 24.1 Å². The van der Waals surface area contributed by atoms with Crippen molar-refractivity contribution in [3.05, 3.63) is 95.7 Å². The average molecular weight is 607 g/mol. The average Bonchev–Trinajstić information content (AvgIpc) is 3.77. The molecule has 2 aromatic heterocycles. The standard InChI is InChI=1S/C36H38N4O5/c1-24-6-15-33(45-24)32-21-30(37-23-25-7-9-26(10-8-25)27-11-13-28(14-12-27)36(41)39-42)29-20-34(43-2)35(22-31(29)38-32)44-19-5-18-40-16-3-4-17-40/h6-15,20-22,42H,3-5,16-19,23H2,1-2H3,(H,37,38)(H,39,41). The van der Waals surface area contributed by atoms with Crippen molar-refractivity contribution in [3.63, 3.8) is 0 Å². The summed E-state index contributed by atoms with van der Waals surface area (Å²) in [5, 5.41) is 13.4. The molecule has 1 aliphatic heterocycles. The van der Waals surface area contributed by atoms with Crippen molar-refractivity contribution in [2.24, 2.45) is 0 Å². The monoisotopic (exact) mass is 606 g/mol. The molecule has 3 aromatic carbocycles. The van der Waals surface area contributed by atoms with Crippen LogP contribution in [0.25, 0.3) is 33.5 Å². The summed E-state index contributed by atoms with van der Waals surface area (Å²) < 4.78 is 17.9. The number of hydroxylamine groups is 1. The summed E-state index contributed by atoms with van der Waals surface area (Å²) in [6, 6.07) is 25.2. The lowest BCUT2D eigenvalue weighted by Crippen LogP contribution is -2.21. The van der Waals surface area contributed by atoms with E-state index >= 15 is 0 Å². The number of hydrogen-bond acceptors (Lipinski definition) is 8. The van der Waals surface area contributed by atoms with Crippen LogP contribution in [-0.2, 0) is 6.54 Å². The molecule has 9 nitrogen and oxygen atoms in total. The molecule has 9 heteroatoms. The number of carbonyl (C=O) groups is 1. The smallest absolute Gasteiger partial charge is 0.274 e. The van der Waals surface area contributed by atoms with Gasteiger partial charge in [0.1, 0.15) is 11.5 Å². The van der Waals surface area contributed by atoms with Gasteiger partial charge in [-0.15, -0.1) is 0 Å². The lowest BCUT2D eigenvalue weighted by molar-refractivity contribution is 0.0706. The van der Waals surface area contributed by atoms with Crippen LogP contribution in [0.4, 0.5) is 5.69 Å². The number of carbonyl (C=O) groups excluding carboxylic acids is 1. The van der Waals surface area contributed by atoms with Crippen LogP contribution in [-0.4, -0.2) is 54.3 Å². The third kappa shape index (κ3) is 7.11. The van der Waals surface area contributed by atoms with Crippen LogP contribution in [0.15, 0.2) is 83.3 Å². The number of benzene rings is 3. The normalized spacial score (nSPS) is 13.2. The second-order valence-corrected chi connectivity index (χ2v) is 11.3. The summed E-state index contributed by atoms with van der Waals surface area (Å²) >= 11 is 0. The molecule has 1 saturated heterocycles. The molecular formula is C36H38N4O5. The van der Waals surface area contributed by atoms with E-state index < -0.39 is 5.91 Å². The van der Waals surface area contributed by atoms with Crippen molar-refractivity contribution in [1.82, 2.24) is 15.4 Å². The lowest BCUT2D eigenvalue weighted by atomic mass is 10.0. The van der Waals surface area contributed by atoms with Crippen molar-refractivity contribution in [3.8, 4) is 34.1 Å². The molecule has 1 amide bonds. The number of hydrogen-bond donors (Lipinski definition) is 3. The van der Waals surface area contributed by atoms with Crippen LogP contribution in [0.1, 0.15) is 40.9 Å². The molecule has 45 heavy (non-hydrogen) atoms. The summed E-state index contributed by atoms with van der Waals surface area (Å²) in [5.41, 5.74) is 7.57. The molecule has 3 N–H and O–H groups in total. The zero-order valence-electron chi connectivity index (χ0n) is 25.6. The van der Waals surface area contributed by atoms with Gasteiger partial charge in [0.2, 0.25) is 0 Å². The van der Waals surface area contributed by atoms with Crippen molar-refractivity contribution in [2.75, 3.05) is 38.7 Å². The number of aromatic nitrogens is 1. The highest BCUT2D eigenvalue weighted by molar-refractivity contribution is 5.96. The van der Waals surface area contributed by atoms with Gasteiger partial charge >= 0.3 is 0 Å². The number of furan rings is 1. The molecule has 0 atom stereocenters. The van der Waals surface area contributed by atoms with E-state index in [9.17, 15) is 4.79 Å². The van der Waals surface area contributed by atoms with Gasteiger partial charge in [-0.1, -0.05) is 36.4 Å². The van der Waals surface area contributed by atoms with Crippen LogP contribution in [0.2, 0.25) is 0 Å². The largest absolute Gasteiger partial charge is 0.493 e. The van der Waals surface area contributed by atoms with E-state index in [2.05, 4.69) is 34.5 Å². The van der Waals surface area contributed by atoms with E-state index in [0.29, 0.717) is 36.0 Å². The molecule has 0 aliphatic carbocycles. The number of fused-ring (bicyclic) bond motifs is 1. The van der Waals surface area contributed by atoms with Gasteiger partial charge in [-0.05, 0) is 92.4 Å². The molecule has 6 rings (SSSR count). The Bertz CT molecular complexity index is 1760. The number of likely N-dealkylation sites (tertiary alicyclic amines) is 1. The molecule has 232 valence electrons. The number of nitrogens with one attached hydrogen (secondary N) is 2. The SMILES string of the molecule is COc1cc2c(NCc3ccc(-c4ccc(C(=O)NO)cc4)cc3)cc(-c3ccc(C)o3)nc2cc1OCCCN1CCCC1. The predicted molar refractivity (Wildman–Crippen MR) is 175 cm³/mol. The Labute approximate surface area is 262 Å². The summed E-state index contributed by atoms with van der Waals surface area (Å²) in [6.45, 7) is 6.52. The summed E-state index contributed by atoms with van der Waals surface area (Å²) in [5.74, 6) is 2.34. The van der Waals surface area contributed by atoms with Crippen LogP contribution >= 0.6 is 0 Å². The number of methoxy groups -OCH3 is 1. The predicted octanol–water partition coefficient (Wildman–Crippen LogP) is 7.07. The number of amides is 1. The minimum absolute atomic E-state index is 0.392. The third-order valence-corrected chi connectivity index (χ3v) is 8.18. The Kier molecular flexibility index (Phi) is 9.28. The molecule has 5 aromatic rings. The topological polar surface area (TPSA) is 109 Å². The van der Waals surface area contributed by atoms with E-state index in [1.807, 2.05) is 49.4 Å². The molecule has 1 fully saturated rings. The zero-order valence-corrected chi connectivity index (χ0v) is 25.6. The van der Waals surface area contributed by atoms with Crippen LogP contribution in [0.5, 0.6) is 11.5 Å². The van der Waals surface area contributed by atoms with Gasteiger partial charge < -0.3 is 24.1 Å². The van der Waals surface area contributed by atoms with Crippen molar-refractivity contribution in [1.29, 1.82) is 0 Å². The molecule has 0 radical (unpaired) electrons. The van der Waals surface area contributed by atoms with E-state index in [1.54, 1.807) is 24.7 Å². The highest BCUT2D eigenvalue weighted by Gasteiger charge is 2.16. The van der Waals surface area contributed by atoms with Crippen molar-refractivity contribution in [2.45, 2.75) is 32.7 Å². The minimum atomic E-state index is -0.536. The first-order chi connectivity index (χ1) is 22.0. The van der Waals surface area contributed by atoms with Gasteiger partial charge in [-0.3, -0.25) is 10.0 Å². The Morgan fingerprint density at radius 2 is 1.69 bits per heavy atom. The summed E-state index contributed by atoms with van der Waals surface area (Å²) in [4.78, 5) is 19.1. The third-order valence-electron chi connectivity index (χ3n) is 8.18. The van der Waals surface area contributed by atoms with Gasteiger partial charge in [-0.25, -0.2) is 10.5 Å².